The maximum atomic E-state index is 10.1. The maximum absolute atomic E-state index is 10.1. The summed E-state index contributed by atoms with van der Waals surface area (Å²) in [6, 6.07) is 7.41. The van der Waals surface area contributed by atoms with Crippen molar-refractivity contribution in [3.8, 4) is 0 Å². The molecule has 0 aliphatic heterocycles. The van der Waals surface area contributed by atoms with Gasteiger partial charge < -0.3 is 10.0 Å². The maximum Gasteiger partial charge on any atom is 0.127 e. The predicted octanol–water partition coefficient (Wildman–Crippen LogP) is 1.62. The Hall–Kier alpha value is -1.94. The van der Waals surface area contributed by atoms with E-state index in [1.165, 1.54) is 0 Å². The fraction of sp³-hybridized carbons (Fsp3) is 0.231. The number of pyridine rings is 2. The highest BCUT2D eigenvalue weighted by molar-refractivity contribution is 5.39. The van der Waals surface area contributed by atoms with Crippen LogP contribution < -0.4 is 4.90 Å². The van der Waals surface area contributed by atoms with Crippen molar-refractivity contribution >= 4 is 5.82 Å². The molecule has 1 N–H and O–H groups in total. The van der Waals surface area contributed by atoms with Gasteiger partial charge in [0.05, 0.1) is 0 Å². The van der Waals surface area contributed by atoms with Crippen LogP contribution in [0.15, 0.2) is 42.9 Å². The number of nitrogens with zero attached hydrogens (tertiary/aromatic N) is 3. The van der Waals surface area contributed by atoms with Crippen molar-refractivity contribution in [3.63, 3.8) is 0 Å². The van der Waals surface area contributed by atoms with E-state index >= 15 is 0 Å². The average Bonchev–Trinajstić information content (AvgIpc) is 2.39. The first kappa shape index (κ1) is 11.5. The van der Waals surface area contributed by atoms with Crippen LogP contribution in [0.1, 0.15) is 17.2 Å². The minimum atomic E-state index is -0.674. The Balaban J connectivity index is 2.23. The van der Waals surface area contributed by atoms with E-state index in [4.69, 9.17) is 0 Å². The molecule has 0 radical (unpaired) electrons. The minimum Gasteiger partial charge on any atom is -0.384 e. The Morgan fingerprint density at radius 1 is 1.12 bits per heavy atom. The lowest BCUT2D eigenvalue weighted by Gasteiger charge is -2.14. The molecule has 0 amide bonds. The van der Waals surface area contributed by atoms with Crippen LogP contribution in [0.25, 0.3) is 0 Å². The van der Waals surface area contributed by atoms with Crippen LogP contribution in [0.2, 0.25) is 0 Å². The van der Waals surface area contributed by atoms with E-state index in [0.717, 1.165) is 16.9 Å². The Morgan fingerprint density at radius 3 is 2.41 bits per heavy atom. The summed E-state index contributed by atoms with van der Waals surface area (Å²) in [7, 11) is 3.86. The second-order valence-electron chi connectivity index (χ2n) is 4.03. The third-order valence-electron chi connectivity index (χ3n) is 2.54. The standard InChI is InChI=1S/C13H15N3O/c1-16(2)12-6-5-11(9-15-12)13(17)10-4-3-7-14-8-10/h3-9,13,17H,1-2H3. The van der Waals surface area contributed by atoms with Crippen molar-refractivity contribution in [3.05, 3.63) is 54.0 Å². The van der Waals surface area contributed by atoms with Gasteiger partial charge in [-0.05, 0) is 12.1 Å². The number of anilines is 1. The zero-order chi connectivity index (χ0) is 12.3. The lowest BCUT2D eigenvalue weighted by atomic mass is 10.1. The second-order valence-corrected chi connectivity index (χ2v) is 4.03. The number of aliphatic hydroxyl groups excluding tert-OH is 1. The first-order valence-electron chi connectivity index (χ1n) is 5.40. The van der Waals surface area contributed by atoms with E-state index in [1.807, 2.05) is 37.2 Å². The number of rotatable bonds is 3. The highest BCUT2D eigenvalue weighted by Crippen LogP contribution is 2.21. The van der Waals surface area contributed by atoms with E-state index in [-0.39, 0.29) is 0 Å². The van der Waals surface area contributed by atoms with Gasteiger partial charge in [-0.25, -0.2) is 4.98 Å². The lowest BCUT2D eigenvalue weighted by molar-refractivity contribution is 0.219. The van der Waals surface area contributed by atoms with Gasteiger partial charge in [0.25, 0.3) is 0 Å². The number of hydrogen-bond donors (Lipinski definition) is 1. The summed E-state index contributed by atoms with van der Waals surface area (Å²) in [6.07, 6.45) is 4.36. The van der Waals surface area contributed by atoms with Gasteiger partial charge in [-0.15, -0.1) is 0 Å². The van der Waals surface area contributed by atoms with Crippen LogP contribution in [0.3, 0.4) is 0 Å². The van der Waals surface area contributed by atoms with Crippen LogP contribution >= 0.6 is 0 Å². The van der Waals surface area contributed by atoms with Gasteiger partial charge in [0.15, 0.2) is 0 Å². The minimum absolute atomic E-state index is 0.674. The molecule has 1 unspecified atom stereocenters. The average molecular weight is 229 g/mol. The molecule has 2 heterocycles. The Bertz CT molecular complexity index is 468. The summed E-state index contributed by atoms with van der Waals surface area (Å²) >= 11 is 0. The molecule has 2 rings (SSSR count). The molecule has 2 aromatic heterocycles. The molecule has 0 aromatic carbocycles. The van der Waals surface area contributed by atoms with Crippen molar-refractivity contribution < 1.29 is 5.11 Å². The smallest absolute Gasteiger partial charge is 0.127 e. The van der Waals surface area contributed by atoms with Gasteiger partial charge in [0.2, 0.25) is 0 Å². The molecule has 1 atom stereocenters. The summed E-state index contributed by atoms with van der Waals surface area (Å²) in [5.41, 5.74) is 1.54. The molecule has 4 heteroatoms. The van der Waals surface area contributed by atoms with Gasteiger partial charge in [0.1, 0.15) is 11.9 Å². The summed E-state index contributed by atoms with van der Waals surface area (Å²) in [5, 5.41) is 10.1. The van der Waals surface area contributed by atoms with Crippen LogP contribution in [0.5, 0.6) is 0 Å². The monoisotopic (exact) mass is 229 g/mol. The predicted molar refractivity (Wildman–Crippen MR) is 66.9 cm³/mol. The molecule has 0 saturated carbocycles. The third kappa shape index (κ3) is 2.60. The van der Waals surface area contributed by atoms with Crippen molar-refractivity contribution in [2.24, 2.45) is 0 Å². The van der Waals surface area contributed by atoms with E-state index in [1.54, 1.807) is 24.7 Å². The van der Waals surface area contributed by atoms with Gasteiger partial charge >= 0.3 is 0 Å². The molecule has 0 fully saturated rings. The molecule has 88 valence electrons. The first-order chi connectivity index (χ1) is 8.18. The highest BCUT2D eigenvalue weighted by Gasteiger charge is 2.10. The Morgan fingerprint density at radius 2 is 1.88 bits per heavy atom. The number of hydrogen-bond acceptors (Lipinski definition) is 4. The van der Waals surface area contributed by atoms with Gasteiger partial charge in [-0.1, -0.05) is 12.1 Å². The number of aromatic nitrogens is 2. The summed E-state index contributed by atoms with van der Waals surface area (Å²) in [5.74, 6) is 0.868. The van der Waals surface area contributed by atoms with Crippen molar-refractivity contribution in [1.29, 1.82) is 0 Å². The Kier molecular flexibility index (Phi) is 3.35. The second kappa shape index (κ2) is 4.93. The van der Waals surface area contributed by atoms with Crippen LogP contribution in [-0.2, 0) is 0 Å². The van der Waals surface area contributed by atoms with Gasteiger partial charge in [-0.3, -0.25) is 4.98 Å². The van der Waals surface area contributed by atoms with E-state index in [0.29, 0.717) is 0 Å². The van der Waals surface area contributed by atoms with Crippen LogP contribution in [0, 0.1) is 0 Å². The Labute approximate surface area is 101 Å². The van der Waals surface area contributed by atoms with Crippen LogP contribution in [0.4, 0.5) is 5.82 Å². The summed E-state index contributed by atoms with van der Waals surface area (Å²) in [4.78, 5) is 10.2. The van der Waals surface area contributed by atoms with E-state index in [9.17, 15) is 5.11 Å². The van der Waals surface area contributed by atoms with E-state index in [2.05, 4.69) is 9.97 Å². The molecule has 2 aromatic rings. The van der Waals surface area contributed by atoms with Crippen LogP contribution in [-0.4, -0.2) is 29.2 Å². The molecule has 0 saturated heterocycles. The largest absolute Gasteiger partial charge is 0.384 e. The fourth-order valence-corrected chi connectivity index (χ4v) is 1.55. The summed E-state index contributed by atoms with van der Waals surface area (Å²) < 4.78 is 0. The first-order valence-corrected chi connectivity index (χ1v) is 5.40. The number of aliphatic hydroxyl groups is 1. The molecule has 0 aliphatic rings. The van der Waals surface area contributed by atoms with Gasteiger partial charge in [0, 0.05) is 43.8 Å². The third-order valence-corrected chi connectivity index (χ3v) is 2.54. The van der Waals surface area contributed by atoms with Crippen molar-refractivity contribution in [2.45, 2.75) is 6.10 Å². The highest BCUT2D eigenvalue weighted by atomic mass is 16.3. The SMILES string of the molecule is CN(C)c1ccc(C(O)c2cccnc2)cn1. The fourth-order valence-electron chi connectivity index (χ4n) is 1.55. The summed E-state index contributed by atoms with van der Waals surface area (Å²) in [6.45, 7) is 0. The molecule has 4 nitrogen and oxygen atoms in total. The lowest BCUT2D eigenvalue weighted by Crippen LogP contribution is -2.11. The normalized spacial score (nSPS) is 12.2. The van der Waals surface area contributed by atoms with E-state index < -0.39 is 6.10 Å². The molecule has 0 spiro atoms. The molecule has 0 bridgehead atoms. The zero-order valence-electron chi connectivity index (χ0n) is 9.91. The molecule has 0 aliphatic carbocycles. The molecular weight excluding hydrogens is 214 g/mol. The van der Waals surface area contributed by atoms with Gasteiger partial charge in [-0.2, -0.15) is 0 Å². The van der Waals surface area contributed by atoms with Crippen molar-refractivity contribution in [2.75, 3.05) is 19.0 Å². The molecular formula is C13H15N3O. The van der Waals surface area contributed by atoms with Crippen molar-refractivity contribution in [1.82, 2.24) is 9.97 Å². The topological polar surface area (TPSA) is 49.2 Å². The zero-order valence-corrected chi connectivity index (χ0v) is 9.91. The molecule has 17 heavy (non-hydrogen) atoms. The quantitative estimate of drug-likeness (QED) is 0.869.